The minimum absolute atomic E-state index is 0.265. The zero-order chi connectivity index (χ0) is 13.8. The van der Waals surface area contributed by atoms with Crippen molar-refractivity contribution >= 4 is 23.2 Å². The maximum atomic E-state index is 12.8. The Bertz CT molecular complexity index is 547. The summed E-state index contributed by atoms with van der Waals surface area (Å²) >= 11 is 12.2. The molecular formula is C14H13Cl2FN2. The smallest absolute Gasteiger partial charge is 0.137 e. The summed E-state index contributed by atoms with van der Waals surface area (Å²) in [6.07, 6.45) is 2.17. The van der Waals surface area contributed by atoms with E-state index in [0.717, 1.165) is 24.0 Å². The van der Waals surface area contributed by atoms with Gasteiger partial charge in [-0.3, -0.25) is 0 Å². The number of halogens is 3. The van der Waals surface area contributed by atoms with E-state index in [1.807, 2.05) is 6.92 Å². The molecule has 0 bridgehead atoms. The average Bonchev–Trinajstić information content (AvgIpc) is 2.37. The van der Waals surface area contributed by atoms with Crippen molar-refractivity contribution in [3.05, 3.63) is 57.3 Å². The van der Waals surface area contributed by atoms with Gasteiger partial charge in [0.25, 0.3) is 0 Å². The van der Waals surface area contributed by atoms with Crippen LogP contribution in [0, 0.1) is 5.82 Å². The van der Waals surface area contributed by atoms with Crippen LogP contribution in [0.2, 0.25) is 10.3 Å². The van der Waals surface area contributed by atoms with Gasteiger partial charge in [0.2, 0.25) is 0 Å². The first kappa shape index (κ1) is 14.2. The summed E-state index contributed by atoms with van der Waals surface area (Å²) in [6.45, 7) is 2.04. The molecule has 1 aromatic heterocycles. The van der Waals surface area contributed by atoms with Crippen molar-refractivity contribution in [1.29, 1.82) is 0 Å². The normalized spacial score (nSPS) is 10.7. The van der Waals surface area contributed by atoms with Crippen LogP contribution in [0.25, 0.3) is 0 Å². The van der Waals surface area contributed by atoms with E-state index in [4.69, 9.17) is 23.2 Å². The molecule has 100 valence electrons. The van der Waals surface area contributed by atoms with Gasteiger partial charge in [-0.15, -0.1) is 0 Å². The highest BCUT2D eigenvalue weighted by atomic mass is 35.5. The van der Waals surface area contributed by atoms with Gasteiger partial charge in [0.15, 0.2) is 0 Å². The fourth-order valence-electron chi connectivity index (χ4n) is 1.79. The molecule has 1 heterocycles. The minimum Gasteiger partial charge on any atom is -0.220 e. The molecule has 0 amide bonds. The second-order valence-electron chi connectivity index (χ2n) is 4.25. The van der Waals surface area contributed by atoms with Crippen LogP contribution >= 0.6 is 23.2 Å². The van der Waals surface area contributed by atoms with E-state index >= 15 is 0 Å². The summed E-state index contributed by atoms with van der Waals surface area (Å²) in [7, 11) is 0. The van der Waals surface area contributed by atoms with E-state index in [1.165, 1.54) is 12.1 Å². The standard InChI is InChI=1S/C14H13Cl2FN2/c1-2-3-11-13(15)18-12(19-14(11)16)8-9-4-6-10(17)7-5-9/h4-7H,2-3,8H2,1H3. The van der Waals surface area contributed by atoms with Crippen LogP contribution < -0.4 is 0 Å². The molecule has 1 aromatic carbocycles. The van der Waals surface area contributed by atoms with Gasteiger partial charge >= 0.3 is 0 Å². The predicted octanol–water partition coefficient (Wildman–Crippen LogP) is 4.47. The zero-order valence-electron chi connectivity index (χ0n) is 10.5. The van der Waals surface area contributed by atoms with Gasteiger partial charge in [-0.2, -0.15) is 0 Å². The Morgan fingerprint density at radius 1 is 1.05 bits per heavy atom. The van der Waals surface area contributed by atoms with Gasteiger partial charge in [0.1, 0.15) is 21.9 Å². The Kier molecular flexibility index (Phi) is 4.72. The molecule has 0 N–H and O–H groups in total. The number of hydrogen-bond donors (Lipinski definition) is 0. The van der Waals surface area contributed by atoms with Crippen LogP contribution in [0.15, 0.2) is 24.3 Å². The van der Waals surface area contributed by atoms with Crippen molar-refractivity contribution in [2.75, 3.05) is 0 Å². The summed E-state index contributed by atoms with van der Waals surface area (Å²) in [5, 5.41) is 0.804. The second-order valence-corrected chi connectivity index (χ2v) is 4.97. The van der Waals surface area contributed by atoms with Gasteiger partial charge in [0.05, 0.1) is 0 Å². The van der Waals surface area contributed by atoms with E-state index < -0.39 is 0 Å². The van der Waals surface area contributed by atoms with Crippen LogP contribution in [-0.4, -0.2) is 9.97 Å². The Labute approximate surface area is 121 Å². The molecule has 0 fully saturated rings. The highest BCUT2D eigenvalue weighted by Gasteiger charge is 2.11. The van der Waals surface area contributed by atoms with Crippen molar-refractivity contribution in [2.45, 2.75) is 26.2 Å². The zero-order valence-corrected chi connectivity index (χ0v) is 12.0. The average molecular weight is 299 g/mol. The van der Waals surface area contributed by atoms with E-state index in [1.54, 1.807) is 12.1 Å². The van der Waals surface area contributed by atoms with Gasteiger partial charge in [-0.25, -0.2) is 14.4 Å². The lowest BCUT2D eigenvalue weighted by molar-refractivity contribution is 0.627. The third-order valence-electron chi connectivity index (χ3n) is 2.73. The van der Waals surface area contributed by atoms with Crippen LogP contribution in [0.4, 0.5) is 4.39 Å². The Morgan fingerprint density at radius 3 is 2.16 bits per heavy atom. The maximum absolute atomic E-state index is 12.8. The van der Waals surface area contributed by atoms with Gasteiger partial charge in [-0.1, -0.05) is 48.7 Å². The highest BCUT2D eigenvalue weighted by molar-refractivity contribution is 6.34. The molecular weight excluding hydrogens is 286 g/mol. The molecule has 0 unspecified atom stereocenters. The van der Waals surface area contributed by atoms with Gasteiger partial charge < -0.3 is 0 Å². The number of benzene rings is 1. The fourth-order valence-corrected chi connectivity index (χ4v) is 2.40. The Hall–Kier alpha value is -1.19. The third kappa shape index (κ3) is 3.64. The third-order valence-corrected chi connectivity index (χ3v) is 3.35. The SMILES string of the molecule is CCCc1c(Cl)nc(Cc2ccc(F)cc2)nc1Cl. The van der Waals surface area contributed by atoms with Gasteiger partial charge in [-0.05, 0) is 24.1 Å². The van der Waals surface area contributed by atoms with E-state index in [0.29, 0.717) is 22.6 Å². The largest absolute Gasteiger partial charge is 0.220 e. The summed E-state index contributed by atoms with van der Waals surface area (Å²) in [5.41, 5.74) is 1.70. The molecule has 2 nitrogen and oxygen atoms in total. The molecule has 0 aliphatic heterocycles. The molecule has 2 aromatic rings. The van der Waals surface area contributed by atoms with Crippen molar-refractivity contribution in [2.24, 2.45) is 0 Å². The topological polar surface area (TPSA) is 25.8 Å². The molecule has 0 saturated carbocycles. The Morgan fingerprint density at radius 2 is 1.63 bits per heavy atom. The van der Waals surface area contributed by atoms with Crippen LogP contribution in [0.3, 0.4) is 0 Å². The summed E-state index contributed by atoms with van der Waals surface area (Å²) < 4.78 is 12.8. The number of rotatable bonds is 4. The second kappa shape index (κ2) is 6.31. The molecule has 19 heavy (non-hydrogen) atoms. The predicted molar refractivity (Wildman–Crippen MR) is 75.3 cm³/mol. The first-order valence-electron chi connectivity index (χ1n) is 6.05. The van der Waals surface area contributed by atoms with E-state index in [2.05, 4.69) is 9.97 Å². The molecule has 5 heteroatoms. The number of aromatic nitrogens is 2. The van der Waals surface area contributed by atoms with Crippen molar-refractivity contribution in [3.63, 3.8) is 0 Å². The van der Waals surface area contributed by atoms with Crippen LogP contribution in [0.5, 0.6) is 0 Å². The first-order valence-corrected chi connectivity index (χ1v) is 6.81. The maximum Gasteiger partial charge on any atom is 0.137 e. The van der Waals surface area contributed by atoms with Crippen LogP contribution in [0.1, 0.15) is 30.3 Å². The summed E-state index contributed by atoms with van der Waals surface area (Å²) in [5.74, 6) is 0.278. The fraction of sp³-hybridized carbons (Fsp3) is 0.286. The lowest BCUT2D eigenvalue weighted by Gasteiger charge is -2.07. The van der Waals surface area contributed by atoms with Crippen molar-refractivity contribution < 1.29 is 4.39 Å². The summed E-state index contributed by atoms with van der Waals surface area (Å²) in [4.78, 5) is 8.49. The van der Waals surface area contributed by atoms with Crippen LogP contribution in [-0.2, 0) is 12.8 Å². The molecule has 0 atom stereocenters. The minimum atomic E-state index is -0.265. The number of nitrogens with zero attached hydrogens (tertiary/aromatic N) is 2. The monoisotopic (exact) mass is 298 g/mol. The first-order chi connectivity index (χ1) is 9.10. The molecule has 0 saturated heterocycles. The molecule has 0 spiro atoms. The highest BCUT2D eigenvalue weighted by Crippen LogP contribution is 2.23. The van der Waals surface area contributed by atoms with Crippen molar-refractivity contribution in [3.8, 4) is 0 Å². The van der Waals surface area contributed by atoms with E-state index in [-0.39, 0.29) is 5.82 Å². The number of hydrogen-bond acceptors (Lipinski definition) is 2. The molecule has 0 aliphatic carbocycles. The molecule has 2 rings (SSSR count). The van der Waals surface area contributed by atoms with E-state index in [9.17, 15) is 4.39 Å². The lowest BCUT2D eigenvalue weighted by atomic mass is 10.1. The molecule has 0 radical (unpaired) electrons. The molecule has 0 aliphatic rings. The van der Waals surface area contributed by atoms with Gasteiger partial charge in [0, 0.05) is 12.0 Å². The lowest BCUT2D eigenvalue weighted by Crippen LogP contribution is -2.02. The van der Waals surface area contributed by atoms with Crippen molar-refractivity contribution in [1.82, 2.24) is 9.97 Å². The quantitative estimate of drug-likeness (QED) is 0.779. The summed E-state index contributed by atoms with van der Waals surface area (Å²) in [6, 6.07) is 6.20. The Balaban J connectivity index is 2.24.